The highest BCUT2D eigenvalue weighted by atomic mass is 16.5. The number of unbranched alkanes of at least 4 members (excludes halogenated alkanes) is 3. The van der Waals surface area contributed by atoms with Crippen LogP contribution in [-0.2, 0) is 0 Å². The third-order valence-corrected chi connectivity index (χ3v) is 5.13. The number of rotatable bonds is 10. The zero-order chi connectivity index (χ0) is 18.1. The highest BCUT2D eigenvalue weighted by Crippen LogP contribution is 2.36. The average Bonchev–Trinajstić information content (AvgIpc) is 2.59. The predicted octanol–water partition coefficient (Wildman–Crippen LogP) is 3.20. The van der Waals surface area contributed by atoms with E-state index >= 15 is 0 Å². The van der Waals surface area contributed by atoms with Crippen molar-refractivity contribution in [2.24, 2.45) is 11.8 Å². The Kier molecular flexibility index (Phi) is 8.39. The quantitative estimate of drug-likeness (QED) is 0.658. The van der Waals surface area contributed by atoms with Crippen LogP contribution in [0.25, 0.3) is 0 Å². The molecule has 1 aromatic carbocycles. The number of quaternary nitrogens is 1. The Balaban J connectivity index is 1.61. The van der Waals surface area contributed by atoms with Crippen molar-refractivity contribution < 1.29 is 19.1 Å². The molecule has 1 heterocycles. The van der Waals surface area contributed by atoms with Crippen LogP contribution in [0.4, 0.5) is 0 Å². The first-order chi connectivity index (χ1) is 12.1. The fourth-order valence-corrected chi connectivity index (χ4v) is 4.09. The van der Waals surface area contributed by atoms with Gasteiger partial charge in [-0.05, 0) is 44.2 Å². The number of piperidine rings is 1. The minimum Gasteiger partial charge on any atom is -0.493 e. The predicted molar refractivity (Wildman–Crippen MR) is 102 cm³/mol. The van der Waals surface area contributed by atoms with Gasteiger partial charge in [0.25, 0.3) is 0 Å². The van der Waals surface area contributed by atoms with Crippen LogP contribution in [0.2, 0.25) is 0 Å². The van der Waals surface area contributed by atoms with Crippen molar-refractivity contribution >= 4 is 0 Å². The van der Waals surface area contributed by atoms with Gasteiger partial charge in [0.05, 0.1) is 40.5 Å². The first-order valence-electron chi connectivity index (χ1n) is 9.81. The normalized spacial score (nSPS) is 23.3. The van der Waals surface area contributed by atoms with Gasteiger partial charge < -0.3 is 19.1 Å². The smallest absolute Gasteiger partial charge is 0.203 e. The van der Waals surface area contributed by atoms with Crippen LogP contribution >= 0.6 is 0 Å². The lowest BCUT2D eigenvalue weighted by Gasteiger charge is -2.32. The largest absolute Gasteiger partial charge is 0.493 e. The molecule has 1 aliphatic heterocycles. The summed E-state index contributed by atoms with van der Waals surface area (Å²) < 4.78 is 16.6. The second-order valence-corrected chi connectivity index (χ2v) is 7.61. The zero-order valence-corrected chi connectivity index (χ0v) is 16.5. The summed E-state index contributed by atoms with van der Waals surface area (Å²) in [5.74, 6) is 3.96. The number of hydrogen-bond acceptors (Lipinski definition) is 3. The Labute approximate surface area is 153 Å². The monoisotopic (exact) mass is 350 g/mol. The van der Waals surface area contributed by atoms with Crippen molar-refractivity contribution in [3.8, 4) is 17.2 Å². The number of nitrogens with one attached hydrogen (secondary N) is 1. The van der Waals surface area contributed by atoms with Crippen molar-refractivity contribution in [2.75, 3.05) is 40.5 Å². The van der Waals surface area contributed by atoms with Crippen LogP contribution in [0, 0.1) is 11.8 Å². The molecule has 0 saturated carbocycles. The number of methoxy groups -OCH3 is 2. The standard InChI is InChI=1S/C21H35NO3/c1-17-14-18(2)16-22(15-17)12-7-5-6-8-13-25-21-19(23-3)10-9-11-20(21)24-4/h9-11,17-18H,5-8,12-16H2,1-4H3/p+1/t17-,18-/m1/s1. The summed E-state index contributed by atoms with van der Waals surface area (Å²) in [6.45, 7) is 9.57. The maximum Gasteiger partial charge on any atom is 0.203 e. The maximum absolute atomic E-state index is 5.92. The lowest BCUT2D eigenvalue weighted by molar-refractivity contribution is -0.912. The van der Waals surface area contributed by atoms with E-state index < -0.39 is 0 Å². The second-order valence-electron chi connectivity index (χ2n) is 7.61. The van der Waals surface area contributed by atoms with Crippen molar-refractivity contribution in [3.63, 3.8) is 0 Å². The van der Waals surface area contributed by atoms with E-state index in [-0.39, 0.29) is 0 Å². The van der Waals surface area contributed by atoms with Crippen LogP contribution in [0.5, 0.6) is 17.2 Å². The molecule has 0 aliphatic carbocycles. The van der Waals surface area contributed by atoms with Gasteiger partial charge in [0, 0.05) is 11.8 Å². The minimum atomic E-state index is 0.710. The Morgan fingerprint density at radius 2 is 1.52 bits per heavy atom. The van der Waals surface area contributed by atoms with Crippen LogP contribution < -0.4 is 19.1 Å². The Morgan fingerprint density at radius 3 is 2.12 bits per heavy atom. The molecule has 1 aliphatic rings. The first kappa shape index (κ1) is 19.9. The summed E-state index contributed by atoms with van der Waals surface area (Å²) in [5, 5.41) is 0. The van der Waals surface area contributed by atoms with Crippen molar-refractivity contribution in [2.45, 2.75) is 46.0 Å². The van der Waals surface area contributed by atoms with Crippen molar-refractivity contribution in [3.05, 3.63) is 18.2 Å². The fourth-order valence-electron chi connectivity index (χ4n) is 4.09. The number of para-hydroxylation sites is 1. The molecule has 142 valence electrons. The molecule has 0 unspecified atom stereocenters. The zero-order valence-electron chi connectivity index (χ0n) is 16.5. The van der Waals surface area contributed by atoms with Gasteiger partial charge >= 0.3 is 0 Å². The van der Waals surface area contributed by atoms with Crippen molar-refractivity contribution in [1.82, 2.24) is 0 Å². The topological polar surface area (TPSA) is 32.1 Å². The fraction of sp³-hybridized carbons (Fsp3) is 0.714. The highest BCUT2D eigenvalue weighted by molar-refractivity contribution is 5.51. The molecular formula is C21H36NO3+. The van der Waals surface area contributed by atoms with Gasteiger partial charge in [0.15, 0.2) is 11.5 Å². The lowest BCUT2D eigenvalue weighted by atomic mass is 9.92. The van der Waals surface area contributed by atoms with E-state index in [9.17, 15) is 0 Å². The van der Waals surface area contributed by atoms with E-state index in [0.29, 0.717) is 12.4 Å². The van der Waals surface area contributed by atoms with E-state index in [1.807, 2.05) is 18.2 Å². The Bertz CT molecular complexity index is 474. The molecule has 1 aromatic rings. The third kappa shape index (κ3) is 6.43. The first-order valence-corrected chi connectivity index (χ1v) is 9.81. The summed E-state index contributed by atoms with van der Waals surface area (Å²) >= 11 is 0. The molecule has 4 nitrogen and oxygen atoms in total. The molecule has 0 aromatic heterocycles. The molecule has 2 atom stereocenters. The molecule has 4 heteroatoms. The Morgan fingerprint density at radius 1 is 0.920 bits per heavy atom. The number of benzene rings is 1. The molecule has 0 radical (unpaired) electrons. The van der Waals surface area contributed by atoms with Crippen LogP contribution in [-0.4, -0.2) is 40.5 Å². The molecule has 0 amide bonds. The number of ether oxygens (including phenoxy) is 3. The van der Waals surface area contributed by atoms with E-state index in [2.05, 4.69) is 13.8 Å². The SMILES string of the molecule is COc1cccc(OC)c1OCCCCCC[NH+]1C[C@H](C)C[C@@H](C)C1. The van der Waals surface area contributed by atoms with E-state index in [0.717, 1.165) is 29.8 Å². The van der Waals surface area contributed by atoms with Crippen LogP contribution in [0.15, 0.2) is 18.2 Å². The number of hydrogen-bond donors (Lipinski definition) is 1. The molecule has 0 bridgehead atoms. The van der Waals surface area contributed by atoms with Gasteiger partial charge in [0.1, 0.15) is 0 Å². The summed E-state index contributed by atoms with van der Waals surface area (Å²) in [4.78, 5) is 1.81. The van der Waals surface area contributed by atoms with Gasteiger partial charge in [-0.25, -0.2) is 0 Å². The molecule has 1 N–H and O–H groups in total. The van der Waals surface area contributed by atoms with Gasteiger partial charge in [-0.1, -0.05) is 19.9 Å². The Hall–Kier alpha value is -1.42. The van der Waals surface area contributed by atoms with Gasteiger partial charge in [-0.15, -0.1) is 0 Å². The third-order valence-electron chi connectivity index (χ3n) is 5.13. The van der Waals surface area contributed by atoms with Gasteiger partial charge in [0.2, 0.25) is 5.75 Å². The summed E-state index contributed by atoms with van der Waals surface area (Å²) in [6, 6.07) is 5.72. The number of likely N-dealkylation sites (tertiary alicyclic amines) is 1. The second kappa shape index (κ2) is 10.5. The van der Waals surface area contributed by atoms with Crippen LogP contribution in [0.1, 0.15) is 46.0 Å². The van der Waals surface area contributed by atoms with Crippen molar-refractivity contribution in [1.29, 1.82) is 0 Å². The summed E-state index contributed by atoms with van der Waals surface area (Å²) in [5.41, 5.74) is 0. The van der Waals surface area contributed by atoms with Gasteiger partial charge in [-0.2, -0.15) is 0 Å². The highest BCUT2D eigenvalue weighted by Gasteiger charge is 2.24. The molecule has 25 heavy (non-hydrogen) atoms. The minimum absolute atomic E-state index is 0.710. The van der Waals surface area contributed by atoms with Gasteiger partial charge in [-0.3, -0.25) is 0 Å². The molecular weight excluding hydrogens is 314 g/mol. The van der Waals surface area contributed by atoms with Crippen LogP contribution in [0.3, 0.4) is 0 Å². The molecule has 1 fully saturated rings. The van der Waals surface area contributed by atoms with E-state index in [1.165, 1.54) is 45.3 Å². The molecule has 1 saturated heterocycles. The van der Waals surface area contributed by atoms with E-state index in [4.69, 9.17) is 14.2 Å². The maximum atomic E-state index is 5.92. The van der Waals surface area contributed by atoms with E-state index in [1.54, 1.807) is 19.1 Å². The summed E-state index contributed by atoms with van der Waals surface area (Å²) in [7, 11) is 3.32. The molecule has 0 spiro atoms. The molecule has 2 rings (SSSR count). The summed E-state index contributed by atoms with van der Waals surface area (Å²) in [6.07, 6.45) is 6.32. The lowest BCUT2D eigenvalue weighted by Crippen LogP contribution is -3.14. The average molecular weight is 351 g/mol.